The van der Waals surface area contributed by atoms with Gasteiger partial charge in [-0.25, -0.2) is 0 Å². The average Bonchev–Trinajstić information content (AvgIpc) is 2.95. The summed E-state index contributed by atoms with van der Waals surface area (Å²) in [6.07, 6.45) is 35.1. The summed E-state index contributed by atoms with van der Waals surface area (Å²) in [4.78, 5) is 28.1. The third-order valence-corrected chi connectivity index (χ3v) is 5.73. The van der Waals surface area contributed by atoms with Crippen molar-refractivity contribution in [3.8, 4) is 0 Å². The number of allylic oxidation sites excluding steroid dienone is 10. The first-order chi connectivity index (χ1) is 19.6. The molecule has 0 atom stereocenters. The smallest absolute Gasteiger partial charge is 0.223 e. The quantitative estimate of drug-likeness (QED) is 0.114. The van der Waals surface area contributed by atoms with E-state index in [-0.39, 0.29) is 11.8 Å². The minimum atomic E-state index is -0.0149. The van der Waals surface area contributed by atoms with Gasteiger partial charge in [-0.05, 0) is 63.5 Å². The molecule has 40 heavy (non-hydrogen) atoms. The van der Waals surface area contributed by atoms with E-state index in [0.717, 1.165) is 56.2 Å². The van der Waals surface area contributed by atoms with Crippen molar-refractivity contribution in [3.05, 3.63) is 96.4 Å². The lowest BCUT2D eigenvalue weighted by molar-refractivity contribution is -0.121. The van der Waals surface area contributed by atoms with E-state index in [2.05, 4.69) is 88.6 Å². The highest BCUT2D eigenvalue weighted by Crippen LogP contribution is 2.02. The fourth-order valence-corrected chi connectivity index (χ4v) is 3.50. The Bertz CT molecular complexity index is 972. The van der Waals surface area contributed by atoms with E-state index >= 15 is 0 Å². The molecule has 1 aromatic heterocycles. The van der Waals surface area contributed by atoms with Crippen LogP contribution in [0.3, 0.4) is 0 Å². The highest BCUT2D eigenvalue weighted by molar-refractivity contribution is 5.78. The summed E-state index contributed by atoms with van der Waals surface area (Å²) in [7, 11) is 0. The van der Waals surface area contributed by atoms with Crippen molar-refractivity contribution in [2.45, 2.75) is 71.6 Å². The first-order valence-corrected chi connectivity index (χ1v) is 14.7. The molecular formula is C34H50N4O2. The molecule has 0 aliphatic carbocycles. The number of aryl methyl sites for hydroxylation is 1. The van der Waals surface area contributed by atoms with Crippen LogP contribution in [0.5, 0.6) is 0 Å². The molecule has 0 radical (unpaired) electrons. The second-order valence-electron chi connectivity index (χ2n) is 9.39. The molecule has 0 aliphatic heterocycles. The zero-order chi connectivity index (χ0) is 28.9. The third kappa shape index (κ3) is 22.5. The molecule has 1 rings (SSSR count). The van der Waals surface area contributed by atoms with Crippen LogP contribution in [-0.4, -0.2) is 43.0 Å². The molecule has 6 heteroatoms. The van der Waals surface area contributed by atoms with Gasteiger partial charge in [0.15, 0.2) is 0 Å². The molecule has 1 heterocycles. The minimum absolute atomic E-state index is 0.0149. The SMILES string of the molecule is CC/C=C\C/C=C\C/C=C\C/C=C\C/C=C\CCCC(=O)NCCNCCNC(=O)C/C=C/c1ccc(C)nc1. The van der Waals surface area contributed by atoms with Crippen molar-refractivity contribution < 1.29 is 9.59 Å². The molecule has 218 valence electrons. The molecule has 3 N–H and O–H groups in total. The van der Waals surface area contributed by atoms with E-state index in [9.17, 15) is 9.59 Å². The first-order valence-electron chi connectivity index (χ1n) is 14.7. The summed E-state index contributed by atoms with van der Waals surface area (Å²) in [6, 6.07) is 3.92. The molecule has 0 aliphatic rings. The van der Waals surface area contributed by atoms with E-state index in [1.165, 1.54) is 0 Å². The number of hydrogen-bond acceptors (Lipinski definition) is 4. The zero-order valence-corrected chi connectivity index (χ0v) is 24.6. The Morgan fingerprint density at radius 1 is 0.725 bits per heavy atom. The summed E-state index contributed by atoms with van der Waals surface area (Å²) in [5, 5.41) is 9.04. The van der Waals surface area contributed by atoms with Gasteiger partial charge in [0.05, 0.1) is 0 Å². The number of amides is 2. The van der Waals surface area contributed by atoms with Gasteiger partial charge in [0.2, 0.25) is 11.8 Å². The second-order valence-corrected chi connectivity index (χ2v) is 9.39. The van der Waals surface area contributed by atoms with E-state index in [1.807, 2.05) is 31.2 Å². The molecular weight excluding hydrogens is 496 g/mol. The van der Waals surface area contributed by atoms with Crippen LogP contribution in [0.4, 0.5) is 0 Å². The number of nitrogens with one attached hydrogen (secondary N) is 3. The van der Waals surface area contributed by atoms with Crippen LogP contribution in [0, 0.1) is 6.92 Å². The lowest BCUT2D eigenvalue weighted by Gasteiger charge is -2.07. The highest BCUT2D eigenvalue weighted by atomic mass is 16.2. The number of hydrogen-bond donors (Lipinski definition) is 3. The molecule has 0 saturated heterocycles. The summed E-state index contributed by atoms with van der Waals surface area (Å²) in [5.41, 5.74) is 1.95. The van der Waals surface area contributed by atoms with Crippen LogP contribution in [0.25, 0.3) is 6.08 Å². The topological polar surface area (TPSA) is 83.1 Å². The molecule has 0 unspecified atom stereocenters. The van der Waals surface area contributed by atoms with E-state index in [1.54, 1.807) is 6.20 Å². The number of unbranched alkanes of at least 4 members (excludes halogenated alkanes) is 1. The molecule has 2 amide bonds. The fourth-order valence-electron chi connectivity index (χ4n) is 3.50. The molecule has 0 bridgehead atoms. The number of nitrogens with zero attached hydrogens (tertiary/aromatic N) is 1. The number of carbonyl (C=O) groups is 2. The summed E-state index contributed by atoms with van der Waals surface area (Å²) in [6.45, 7) is 6.57. The van der Waals surface area contributed by atoms with Gasteiger partial charge in [-0.1, -0.05) is 85.9 Å². The summed E-state index contributed by atoms with van der Waals surface area (Å²) in [5.74, 6) is 0.0666. The van der Waals surface area contributed by atoms with Crippen molar-refractivity contribution in [2.75, 3.05) is 26.2 Å². The normalized spacial score (nSPS) is 12.2. The van der Waals surface area contributed by atoms with Crippen molar-refractivity contribution in [1.82, 2.24) is 20.9 Å². The van der Waals surface area contributed by atoms with Gasteiger partial charge in [-0.15, -0.1) is 0 Å². The second kappa shape index (κ2) is 25.8. The molecule has 0 saturated carbocycles. The van der Waals surface area contributed by atoms with Crippen molar-refractivity contribution in [3.63, 3.8) is 0 Å². The maximum Gasteiger partial charge on any atom is 0.223 e. The fraction of sp³-hybridized carbons (Fsp3) is 0.441. The predicted molar refractivity (Wildman–Crippen MR) is 170 cm³/mol. The maximum absolute atomic E-state index is 11.9. The summed E-state index contributed by atoms with van der Waals surface area (Å²) >= 11 is 0. The molecule has 0 aromatic carbocycles. The highest BCUT2D eigenvalue weighted by Gasteiger charge is 2.00. The van der Waals surface area contributed by atoms with Gasteiger partial charge in [0.25, 0.3) is 0 Å². The minimum Gasteiger partial charge on any atom is -0.355 e. The zero-order valence-electron chi connectivity index (χ0n) is 24.6. The lowest BCUT2D eigenvalue weighted by atomic mass is 10.2. The Hall–Kier alpha value is -3.51. The van der Waals surface area contributed by atoms with E-state index in [4.69, 9.17) is 0 Å². The number of pyridine rings is 1. The Balaban J connectivity index is 1.90. The van der Waals surface area contributed by atoms with Crippen LogP contribution in [-0.2, 0) is 9.59 Å². The van der Waals surface area contributed by atoms with Gasteiger partial charge in [0, 0.05) is 50.9 Å². The largest absolute Gasteiger partial charge is 0.355 e. The van der Waals surface area contributed by atoms with Gasteiger partial charge in [0.1, 0.15) is 0 Å². The Labute approximate surface area is 242 Å². The summed E-state index contributed by atoms with van der Waals surface area (Å²) < 4.78 is 0. The lowest BCUT2D eigenvalue weighted by Crippen LogP contribution is -2.36. The van der Waals surface area contributed by atoms with E-state index in [0.29, 0.717) is 39.0 Å². The maximum atomic E-state index is 11.9. The van der Waals surface area contributed by atoms with Gasteiger partial charge >= 0.3 is 0 Å². The number of aromatic nitrogens is 1. The Morgan fingerprint density at radius 3 is 1.88 bits per heavy atom. The van der Waals surface area contributed by atoms with Gasteiger partial charge in [-0.3, -0.25) is 14.6 Å². The van der Waals surface area contributed by atoms with Crippen LogP contribution in [0.2, 0.25) is 0 Å². The van der Waals surface area contributed by atoms with Crippen LogP contribution >= 0.6 is 0 Å². The van der Waals surface area contributed by atoms with Crippen LogP contribution in [0.1, 0.15) is 76.0 Å². The van der Waals surface area contributed by atoms with Crippen LogP contribution < -0.4 is 16.0 Å². The molecule has 6 nitrogen and oxygen atoms in total. The Morgan fingerprint density at radius 2 is 1.30 bits per heavy atom. The predicted octanol–water partition coefficient (Wildman–Crippen LogP) is 6.54. The standard InChI is InChI=1S/C34H50N4O2/c1-3-4-5-6-7-8-9-10-11-12-13-14-15-16-17-18-19-22-33(39)36-28-26-35-27-29-37-34(40)23-20-21-32-25-24-31(2)38-30-32/h4-5,7-8,10-11,13-14,16-17,20-21,24-25,30,35H,3,6,9,12,15,18-19,22-23,26-29H2,1-2H3,(H,36,39)(H,37,40)/b5-4-,8-7-,11-10-,14-13-,17-16-,21-20+. The Kier molecular flexibility index (Phi) is 22.2. The van der Waals surface area contributed by atoms with Crippen LogP contribution in [0.15, 0.2) is 85.2 Å². The number of rotatable bonds is 22. The molecule has 0 spiro atoms. The molecule has 0 fully saturated rings. The first kappa shape index (κ1) is 34.5. The average molecular weight is 547 g/mol. The number of carbonyl (C=O) groups excluding carboxylic acids is 2. The van der Waals surface area contributed by atoms with Crippen molar-refractivity contribution in [1.29, 1.82) is 0 Å². The van der Waals surface area contributed by atoms with Crippen molar-refractivity contribution in [2.24, 2.45) is 0 Å². The molecule has 1 aromatic rings. The van der Waals surface area contributed by atoms with Crippen molar-refractivity contribution >= 4 is 17.9 Å². The van der Waals surface area contributed by atoms with Gasteiger partial charge in [-0.2, -0.15) is 0 Å². The van der Waals surface area contributed by atoms with Gasteiger partial charge < -0.3 is 16.0 Å². The monoisotopic (exact) mass is 546 g/mol. The van der Waals surface area contributed by atoms with E-state index < -0.39 is 0 Å². The third-order valence-electron chi connectivity index (χ3n) is 5.73.